The molecule has 0 atom stereocenters. The molecule has 0 heterocycles. The summed E-state index contributed by atoms with van der Waals surface area (Å²) in [6.45, 7) is 4.55. The molecule has 0 unspecified atom stereocenters. The van der Waals surface area contributed by atoms with Crippen molar-refractivity contribution in [1.29, 1.82) is 0 Å². The normalized spacial score (nSPS) is 16.5. The third-order valence-corrected chi connectivity index (χ3v) is 5.36. The molecule has 1 fully saturated rings. The summed E-state index contributed by atoms with van der Waals surface area (Å²) < 4.78 is 41.6. The average molecular weight is 314 g/mol. The summed E-state index contributed by atoms with van der Waals surface area (Å²) in [6.07, 6.45) is 3.87. The van der Waals surface area contributed by atoms with Crippen molar-refractivity contribution >= 4 is 10.0 Å². The lowest BCUT2D eigenvalue weighted by Gasteiger charge is -2.15. The molecule has 6 heteroatoms. The van der Waals surface area contributed by atoms with Crippen LogP contribution in [0.4, 0.5) is 4.39 Å². The van der Waals surface area contributed by atoms with E-state index in [0.717, 1.165) is 25.7 Å². The molecule has 2 N–H and O–H groups in total. The molecule has 0 radical (unpaired) electrons. The Labute approximate surface area is 126 Å². The Morgan fingerprint density at radius 1 is 1.29 bits per heavy atom. The van der Waals surface area contributed by atoms with Crippen LogP contribution in [-0.2, 0) is 16.6 Å². The van der Waals surface area contributed by atoms with Gasteiger partial charge < -0.3 is 5.32 Å². The molecule has 1 aromatic carbocycles. The molecule has 1 aromatic rings. The van der Waals surface area contributed by atoms with Crippen LogP contribution >= 0.6 is 0 Å². The molecule has 0 spiro atoms. The third-order valence-electron chi connectivity index (χ3n) is 3.86. The zero-order valence-corrected chi connectivity index (χ0v) is 13.4. The fourth-order valence-electron chi connectivity index (χ4n) is 2.68. The van der Waals surface area contributed by atoms with E-state index < -0.39 is 10.0 Å². The Hall–Kier alpha value is -0.980. The Morgan fingerprint density at radius 3 is 2.57 bits per heavy atom. The Kier molecular flexibility index (Phi) is 5.35. The number of sulfonamides is 1. The van der Waals surface area contributed by atoms with E-state index in [-0.39, 0.29) is 16.8 Å². The second-order valence-electron chi connectivity index (χ2n) is 5.60. The molecule has 0 amide bonds. The molecule has 118 valence electrons. The van der Waals surface area contributed by atoms with Gasteiger partial charge in [0.25, 0.3) is 0 Å². The molecule has 1 aliphatic rings. The molecule has 21 heavy (non-hydrogen) atoms. The maximum atomic E-state index is 14.0. The van der Waals surface area contributed by atoms with Crippen LogP contribution in [0.2, 0.25) is 0 Å². The molecular formula is C15H23FN2O2S. The van der Waals surface area contributed by atoms with Crippen molar-refractivity contribution in [2.45, 2.75) is 57.0 Å². The number of aryl methyl sites for hydroxylation is 1. The maximum absolute atomic E-state index is 14.0. The monoisotopic (exact) mass is 314 g/mol. The minimum Gasteiger partial charge on any atom is -0.313 e. The van der Waals surface area contributed by atoms with E-state index in [0.29, 0.717) is 24.2 Å². The van der Waals surface area contributed by atoms with E-state index in [2.05, 4.69) is 10.0 Å². The molecule has 1 aliphatic carbocycles. The van der Waals surface area contributed by atoms with Gasteiger partial charge in [-0.25, -0.2) is 17.5 Å². The van der Waals surface area contributed by atoms with Gasteiger partial charge >= 0.3 is 0 Å². The van der Waals surface area contributed by atoms with Crippen molar-refractivity contribution in [3.63, 3.8) is 0 Å². The first-order chi connectivity index (χ1) is 9.94. The van der Waals surface area contributed by atoms with Gasteiger partial charge in [0.2, 0.25) is 10.0 Å². The van der Waals surface area contributed by atoms with Gasteiger partial charge in [0.1, 0.15) is 5.82 Å². The molecular weight excluding hydrogens is 291 g/mol. The highest BCUT2D eigenvalue weighted by atomic mass is 32.2. The van der Waals surface area contributed by atoms with Crippen LogP contribution in [-0.4, -0.2) is 21.0 Å². The summed E-state index contributed by atoms with van der Waals surface area (Å²) in [6, 6.07) is 2.85. The second-order valence-corrected chi connectivity index (χ2v) is 7.31. The summed E-state index contributed by atoms with van der Waals surface area (Å²) in [5.74, 6) is -0.337. The van der Waals surface area contributed by atoms with E-state index in [9.17, 15) is 12.8 Å². The van der Waals surface area contributed by atoms with Gasteiger partial charge in [-0.15, -0.1) is 0 Å². The first kappa shape index (κ1) is 16.4. The van der Waals surface area contributed by atoms with Crippen LogP contribution in [0.5, 0.6) is 0 Å². The topological polar surface area (TPSA) is 58.2 Å². The van der Waals surface area contributed by atoms with Crippen LogP contribution in [0, 0.1) is 12.7 Å². The Morgan fingerprint density at radius 2 is 1.95 bits per heavy atom. The predicted molar refractivity (Wildman–Crippen MR) is 81.1 cm³/mol. The van der Waals surface area contributed by atoms with Crippen LogP contribution in [0.3, 0.4) is 0 Å². The lowest BCUT2D eigenvalue weighted by atomic mass is 10.1. The van der Waals surface area contributed by atoms with E-state index in [1.807, 2.05) is 6.92 Å². The van der Waals surface area contributed by atoms with Crippen molar-refractivity contribution in [1.82, 2.24) is 10.0 Å². The van der Waals surface area contributed by atoms with Crippen molar-refractivity contribution in [2.24, 2.45) is 0 Å². The predicted octanol–water partition coefficient (Wildman–Crippen LogP) is 2.46. The van der Waals surface area contributed by atoms with Gasteiger partial charge in [-0.05, 0) is 44.0 Å². The lowest BCUT2D eigenvalue weighted by Crippen LogP contribution is -2.32. The van der Waals surface area contributed by atoms with Crippen LogP contribution in [0.15, 0.2) is 17.0 Å². The van der Waals surface area contributed by atoms with Crippen molar-refractivity contribution < 1.29 is 12.8 Å². The Balaban J connectivity index is 2.27. The van der Waals surface area contributed by atoms with Crippen LogP contribution in [0.25, 0.3) is 0 Å². The van der Waals surface area contributed by atoms with Crippen LogP contribution in [0.1, 0.15) is 43.7 Å². The van der Waals surface area contributed by atoms with Crippen molar-refractivity contribution in [2.75, 3.05) is 6.54 Å². The number of hydrogen-bond donors (Lipinski definition) is 2. The first-order valence-electron chi connectivity index (χ1n) is 7.46. The maximum Gasteiger partial charge on any atom is 0.240 e. The van der Waals surface area contributed by atoms with Gasteiger partial charge in [0.15, 0.2) is 0 Å². The second kappa shape index (κ2) is 6.85. The number of nitrogens with one attached hydrogen (secondary N) is 2. The van der Waals surface area contributed by atoms with Crippen LogP contribution < -0.4 is 10.0 Å². The summed E-state index contributed by atoms with van der Waals surface area (Å²) in [5, 5.41) is 3.03. The Bertz CT molecular complexity index is 596. The average Bonchev–Trinajstić information content (AvgIpc) is 2.92. The third kappa shape index (κ3) is 4.02. The standard InChI is InChI=1S/C15H23FN2O2S/c1-3-17-10-12-9-14(8-11(2)15(12)16)21(19,20)18-13-6-4-5-7-13/h8-9,13,17-18H,3-7,10H2,1-2H3. The van der Waals surface area contributed by atoms with Crippen molar-refractivity contribution in [3.05, 3.63) is 29.1 Å². The highest BCUT2D eigenvalue weighted by Crippen LogP contribution is 2.23. The summed E-state index contributed by atoms with van der Waals surface area (Å²) in [7, 11) is -3.57. The molecule has 0 aliphatic heterocycles. The van der Waals surface area contributed by atoms with E-state index >= 15 is 0 Å². The molecule has 0 saturated heterocycles. The summed E-state index contributed by atoms with van der Waals surface area (Å²) in [5.41, 5.74) is 0.751. The van der Waals surface area contributed by atoms with Gasteiger partial charge in [0.05, 0.1) is 4.90 Å². The number of rotatable bonds is 6. The zero-order valence-electron chi connectivity index (χ0n) is 12.6. The van der Waals surface area contributed by atoms with Gasteiger partial charge in [-0.2, -0.15) is 0 Å². The quantitative estimate of drug-likeness (QED) is 0.848. The number of halogens is 1. The highest BCUT2D eigenvalue weighted by Gasteiger charge is 2.24. The zero-order chi connectivity index (χ0) is 15.5. The van der Waals surface area contributed by atoms with Crippen molar-refractivity contribution in [3.8, 4) is 0 Å². The molecule has 2 rings (SSSR count). The van der Waals surface area contributed by atoms with E-state index in [1.165, 1.54) is 12.1 Å². The number of hydrogen-bond acceptors (Lipinski definition) is 3. The minimum absolute atomic E-state index is 0.0116. The van der Waals surface area contributed by atoms with E-state index in [4.69, 9.17) is 0 Å². The molecule has 0 bridgehead atoms. The van der Waals surface area contributed by atoms with Gasteiger partial charge in [-0.3, -0.25) is 0 Å². The smallest absolute Gasteiger partial charge is 0.240 e. The number of benzene rings is 1. The van der Waals surface area contributed by atoms with Gasteiger partial charge in [0, 0.05) is 18.2 Å². The summed E-state index contributed by atoms with van der Waals surface area (Å²) in [4.78, 5) is 0.154. The fourth-order valence-corrected chi connectivity index (χ4v) is 4.12. The molecule has 4 nitrogen and oxygen atoms in total. The minimum atomic E-state index is -3.57. The lowest BCUT2D eigenvalue weighted by molar-refractivity contribution is 0.550. The highest BCUT2D eigenvalue weighted by molar-refractivity contribution is 7.89. The summed E-state index contributed by atoms with van der Waals surface area (Å²) >= 11 is 0. The van der Waals surface area contributed by atoms with Gasteiger partial charge in [-0.1, -0.05) is 19.8 Å². The fraction of sp³-hybridized carbons (Fsp3) is 0.600. The first-order valence-corrected chi connectivity index (χ1v) is 8.94. The SMILES string of the molecule is CCNCc1cc(S(=O)(=O)NC2CCCC2)cc(C)c1F. The molecule has 0 aromatic heterocycles. The largest absolute Gasteiger partial charge is 0.313 e. The molecule has 1 saturated carbocycles. The van der Waals surface area contributed by atoms with E-state index in [1.54, 1.807) is 6.92 Å².